The summed E-state index contributed by atoms with van der Waals surface area (Å²) in [6.07, 6.45) is 12.8. The van der Waals surface area contributed by atoms with Crippen molar-refractivity contribution in [3.8, 4) is 0 Å². The SMILES string of the molecule is CCCCCCCCCC(=O)OC[C@H](COP(=O)(O)OC[C@H](O)CO)OC(=O)CCCCCCCCC. The van der Waals surface area contributed by atoms with Gasteiger partial charge in [-0.25, -0.2) is 4.57 Å². The minimum atomic E-state index is -4.58. The Kier molecular flexibility index (Phi) is 23.4. The van der Waals surface area contributed by atoms with E-state index in [1.165, 1.54) is 38.5 Å². The Hall–Kier alpha value is -1.03. The molecule has 0 aromatic heterocycles. The van der Waals surface area contributed by atoms with E-state index in [1.54, 1.807) is 0 Å². The number of phosphoric ester groups is 1. The van der Waals surface area contributed by atoms with Crippen molar-refractivity contribution < 1.29 is 47.8 Å². The van der Waals surface area contributed by atoms with E-state index in [0.29, 0.717) is 12.8 Å². The molecule has 0 radical (unpaired) electrons. The molecule has 220 valence electrons. The molecule has 0 aromatic rings. The molecule has 11 heteroatoms. The summed E-state index contributed by atoms with van der Waals surface area (Å²) in [5.74, 6) is -0.939. The molecule has 3 N–H and O–H groups in total. The molecule has 0 amide bonds. The third-order valence-corrected chi connectivity index (χ3v) is 6.71. The fraction of sp³-hybridized carbons (Fsp3) is 0.923. The van der Waals surface area contributed by atoms with E-state index in [0.717, 1.165) is 38.5 Å². The quantitative estimate of drug-likeness (QED) is 0.0739. The number of phosphoric acid groups is 1. The number of carbonyl (C=O) groups excluding carboxylic acids is 2. The summed E-state index contributed by atoms with van der Waals surface area (Å²) in [6, 6.07) is 0. The summed E-state index contributed by atoms with van der Waals surface area (Å²) in [6.45, 7) is 2.22. The van der Waals surface area contributed by atoms with E-state index in [2.05, 4.69) is 18.4 Å². The van der Waals surface area contributed by atoms with Crippen molar-refractivity contribution >= 4 is 19.8 Å². The van der Waals surface area contributed by atoms with E-state index >= 15 is 0 Å². The molecule has 37 heavy (non-hydrogen) atoms. The molecule has 0 aliphatic rings. The third kappa shape index (κ3) is 23.8. The second kappa shape index (κ2) is 24.0. The summed E-state index contributed by atoms with van der Waals surface area (Å²) in [7, 11) is -4.58. The second-order valence-corrected chi connectivity index (χ2v) is 10.9. The molecule has 0 rings (SSSR count). The van der Waals surface area contributed by atoms with Crippen LogP contribution in [0.5, 0.6) is 0 Å². The number of esters is 2. The summed E-state index contributed by atoms with van der Waals surface area (Å²) < 4.78 is 32.1. The smallest absolute Gasteiger partial charge is 0.462 e. The standard InChI is InChI=1S/C26H51O10P/c1-3-5-7-9-11-13-15-17-25(29)33-21-24(22-35-37(31,32)34-20-23(28)19-27)36-26(30)18-16-14-12-10-8-6-4-2/h23-24,27-28H,3-22H2,1-2H3,(H,31,32)/t23-,24-/m1/s1. The summed E-state index contributed by atoms with van der Waals surface area (Å²) in [4.78, 5) is 34.2. The van der Waals surface area contributed by atoms with Crippen molar-refractivity contribution in [2.75, 3.05) is 26.4 Å². The number of hydrogen-bond acceptors (Lipinski definition) is 9. The lowest BCUT2D eigenvalue weighted by Gasteiger charge is -2.20. The van der Waals surface area contributed by atoms with Gasteiger partial charge in [0, 0.05) is 12.8 Å². The van der Waals surface area contributed by atoms with E-state index in [4.69, 9.17) is 19.1 Å². The van der Waals surface area contributed by atoms with Gasteiger partial charge in [-0.1, -0.05) is 90.9 Å². The van der Waals surface area contributed by atoms with Crippen LogP contribution in [0.15, 0.2) is 0 Å². The van der Waals surface area contributed by atoms with Crippen LogP contribution in [0.4, 0.5) is 0 Å². The molecular formula is C26H51O10P. The topological polar surface area (TPSA) is 149 Å². The number of aliphatic hydroxyl groups excluding tert-OH is 2. The number of unbranched alkanes of at least 4 members (excludes halogenated alkanes) is 12. The number of aliphatic hydroxyl groups is 2. The Bertz CT molecular complexity index is 616. The molecule has 0 heterocycles. The van der Waals surface area contributed by atoms with Gasteiger partial charge in [-0.3, -0.25) is 18.6 Å². The maximum Gasteiger partial charge on any atom is 0.472 e. The summed E-state index contributed by atoms with van der Waals surface area (Å²) >= 11 is 0. The van der Waals surface area contributed by atoms with Crippen LogP contribution in [0.3, 0.4) is 0 Å². The predicted molar refractivity (Wildman–Crippen MR) is 141 cm³/mol. The van der Waals surface area contributed by atoms with Crippen LogP contribution in [-0.4, -0.2) is 65.7 Å². The summed E-state index contributed by atoms with van der Waals surface area (Å²) in [5.41, 5.74) is 0. The highest BCUT2D eigenvalue weighted by molar-refractivity contribution is 7.47. The number of ether oxygens (including phenoxy) is 2. The van der Waals surface area contributed by atoms with Gasteiger partial charge in [0.1, 0.15) is 12.7 Å². The van der Waals surface area contributed by atoms with E-state index < -0.39 is 51.8 Å². The van der Waals surface area contributed by atoms with Crippen molar-refractivity contribution in [3.63, 3.8) is 0 Å². The first-order valence-corrected chi connectivity index (χ1v) is 15.5. The average Bonchev–Trinajstić information content (AvgIpc) is 2.87. The van der Waals surface area contributed by atoms with E-state index in [-0.39, 0.29) is 19.4 Å². The third-order valence-electron chi connectivity index (χ3n) is 5.76. The van der Waals surface area contributed by atoms with E-state index in [1.807, 2.05) is 0 Å². The van der Waals surface area contributed by atoms with Crippen LogP contribution in [0.25, 0.3) is 0 Å². The Morgan fingerprint density at radius 1 is 0.703 bits per heavy atom. The second-order valence-electron chi connectivity index (χ2n) is 9.43. The van der Waals surface area contributed by atoms with Crippen LogP contribution in [-0.2, 0) is 32.7 Å². The molecule has 0 aromatic carbocycles. The number of hydrogen-bond donors (Lipinski definition) is 3. The number of rotatable bonds is 26. The van der Waals surface area contributed by atoms with Crippen LogP contribution in [0, 0.1) is 0 Å². The first-order valence-electron chi connectivity index (χ1n) is 14.0. The largest absolute Gasteiger partial charge is 0.472 e. The average molecular weight is 555 g/mol. The lowest BCUT2D eigenvalue weighted by Crippen LogP contribution is -2.29. The Balaban J connectivity index is 4.54. The van der Waals surface area contributed by atoms with Gasteiger partial charge in [0.05, 0.1) is 19.8 Å². The van der Waals surface area contributed by atoms with Gasteiger partial charge >= 0.3 is 19.8 Å². The fourth-order valence-corrected chi connectivity index (χ4v) is 4.31. The molecule has 0 spiro atoms. The highest BCUT2D eigenvalue weighted by atomic mass is 31.2. The van der Waals surface area contributed by atoms with Gasteiger partial charge in [-0.05, 0) is 12.8 Å². The minimum absolute atomic E-state index is 0.187. The first-order chi connectivity index (χ1) is 17.7. The highest BCUT2D eigenvalue weighted by Crippen LogP contribution is 2.43. The van der Waals surface area contributed by atoms with Gasteiger partial charge in [-0.15, -0.1) is 0 Å². The van der Waals surface area contributed by atoms with E-state index in [9.17, 15) is 24.2 Å². The molecular weight excluding hydrogens is 503 g/mol. The molecule has 3 atom stereocenters. The van der Waals surface area contributed by atoms with Crippen molar-refractivity contribution in [1.29, 1.82) is 0 Å². The molecule has 10 nitrogen and oxygen atoms in total. The Morgan fingerprint density at radius 3 is 1.68 bits per heavy atom. The molecule has 0 saturated heterocycles. The molecule has 0 bridgehead atoms. The zero-order valence-corrected chi connectivity index (χ0v) is 23.8. The zero-order chi connectivity index (χ0) is 27.8. The van der Waals surface area contributed by atoms with Crippen molar-refractivity contribution in [1.82, 2.24) is 0 Å². The lowest BCUT2D eigenvalue weighted by molar-refractivity contribution is -0.161. The molecule has 0 aliphatic heterocycles. The number of carbonyl (C=O) groups is 2. The van der Waals surface area contributed by atoms with Gasteiger partial charge in [-0.2, -0.15) is 0 Å². The zero-order valence-electron chi connectivity index (χ0n) is 22.9. The van der Waals surface area contributed by atoms with Gasteiger partial charge in [0.25, 0.3) is 0 Å². The normalized spacial score (nSPS) is 14.6. The van der Waals surface area contributed by atoms with Crippen LogP contribution < -0.4 is 0 Å². The molecule has 0 fully saturated rings. The molecule has 1 unspecified atom stereocenters. The van der Waals surface area contributed by atoms with Crippen LogP contribution in [0.2, 0.25) is 0 Å². The fourth-order valence-electron chi connectivity index (χ4n) is 3.52. The maximum atomic E-state index is 12.3. The lowest BCUT2D eigenvalue weighted by atomic mass is 10.1. The Morgan fingerprint density at radius 2 is 1.16 bits per heavy atom. The predicted octanol–water partition coefficient (Wildman–Crippen LogP) is 5.21. The van der Waals surface area contributed by atoms with Gasteiger partial charge in [0.2, 0.25) is 0 Å². The van der Waals surface area contributed by atoms with Crippen molar-refractivity contribution in [2.24, 2.45) is 0 Å². The minimum Gasteiger partial charge on any atom is -0.462 e. The molecule has 0 aliphatic carbocycles. The van der Waals surface area contributed by atoms with Crippen LogP contribution >= 0.6 is 7.82 Å². The van der Waals surface area contributed by atoms with Gasteiger partial charge < -0.3 is 24.6 Å². The monoisotopic (exact) mass is 554 g/mol. The summed E-state index contributed by atoms with van der Waals surface area (Å²) in [5, 5.41) is 18.1. The van der Waals surface area contributed by atoms with Crippen LogP contribution in [0.1, 0.15) is 117 Å². The van der Waals surface area contributed by atoms with Gasteiger partial charge in [0.15, 0.2) is 6.10 Å². The first kappa shape index (κ1) is 36.0. The van der Waals surface area contributed by atoms with Crippen molar-refractivity contribution in [2.45, 2.75) is 129 Å². The highest BCUT2D eigenvalue weighted by Gasteiger charge is 2.27. The molecule has 0 saturated carbocycles. The maximum absolute atomic E-state index is 12.3. The Labute approximate surface area is 223 Å². The van der Waals surface area contributed by atoms with Crippen molar-refractivity contribution in [3.05, 3.63) is 0 Å².